The lowest BCUT2D eigenvalue weighted by Crippen LogP contribution is -2.34. The van der Waals surface area contributed by atoms with Crippen LogP contribution < -0.4 is 10.4 Å². The fourth-order valence-electron chi connectivity index (χ4n) is 3.73. The van der Waals surface area contributed by atoms with Gasteiger partial charge in [-0.1, -0.05) is 6.92 Å². The molecule has 1 aromatic heterocycles. The fraction of sp³-hybridized carbons (Fsp3) is 0.524. The van der Waals surface area contributed by atoms with E-state index in [0.29, 0.717) is 24.4 Å². The molecule has 0 radical (unpaired) electrons. The molecule has 0 saturated carbocycles. The van der Waals surface area contributed by atoms with Gasteiger partial charge in [-0.2, -0.15) is 0 Å². The lowest BCUT2D eigenvalue weighted by atomic mass is 9.90. The number of nitrogens with zero attached hydrogens (tertiary/aromatic N) is 1. The maximum absolute atomic E-state index is 12.3. The molecule has 0 fully saturated rings. The summed E-state index contributed by atoms with van der Waals surface area (Å²) in [5.74, 6) is 0.587. The summed E-state index contributed by atoms with van der Waals surface area (Å²) >= 11 is 0. The van der Waals surface area contributed by atoms with Gasteiger partial charge in [-0.15, -0.1) is 0 Å². The highest BCUT2D eigenvalue weighted by Gasteiger charge is 2.20. The second kappa shape index (κ2) is 7.94. The van der Waals surface area contributed by atoms with E-state index in [1.807, 2.05) is 13.8 Å². The number of carbonyl (C=O) groups excluding carboxylic acids is 1. The first-order chi connectivity index (χ1) is 12.6. The van der Waals surface area contributed by atoms with Crippen molar-refractivity contribution >= 4 is 16.9 Å². The van der Waals surface area contributed by atoms with Crippen LogP contribution in [0.25, 0.3) is 11.0 Å². The van der Waals surface area contributed by atoms with Gasteiger partial charge in [-0.05, 0) is 63.1 Å². The molecule has 1 amide bonds. The Morgan fingerprint density at radius 1 is 1.12 bits per heavy atom. The Balaban J connectivity index is 1.96. The molecular formula is C21H27NO4. The van der Waals surface area contributed by atoms with Crippen LogP contribution in [0.4, 0.5) is 0 Å². The van der Waals surface area contributed by atoms with Crippen molar-refractivity contribution in [2.75, 3.05) is 19.7 Å². The number of carbonyl (C=O) groups is 1. The van der Waals surface area contributed by atoms with E-state index in [1.165, 1.54) is 0 Å². The van der Waals surface area contributed by atoms with Gasteiger partial charge >= 0.3 is 5.63 Å². The van der Waals surface area contributed by atoms with Gasteiger partial charge in [0.1, 0.15) is 11.3 Å². The third-order valence-corrected chi connectivity index (χ3v) is 5.25. The molecule has 1 aliphatic rings. The number of fused-ring (bicyclic) bond motifs is 3. The van der Waals surface area contributed by atoms with Crippen LogP contribution in [0.15, 0.2) is 21.3 Å². The van der Waals surface area contributed by atoms with Crippen molar-refractivity contribution in [3.05, 3.63) is 39.2 Å². The number of benzene rings is 1. The van der Waals surface area contributed by atoms with E-state index in [1.54, 1.807) is 11.0 Å². The first-order valence-electron chi connectivity index (χ1n) is 9.61. The van der Waals surface area contributed by atoms with Crippen molar-refractivity contribution in [1.82, 2.24) is 4.90 Å². The molecule has 5 heteroatoms. The quantitative estimate of drug-likeness (QED) is 0.743. The molecule has 1 heterocycles. The summed E-state index contributed by atoms with van der Waals surface area (Å²) in [6.45, 7) is 7.29. The Labute approximate surface area is 153 Å². The molecule has 1 aromatic carbocycles. The highest BCUT2D eigenvalue weighted by Crippen LogP contribution is 2.32. The first-order valence-corrected chi connectivity index (χ1v) is 9.61. The summed E-state index contributed by atoms with van der Waals surface area (Å²) in [6.07, 6.45) is 4.65. The van der Waals surface area contributed by atoms with E-state index in [2.05, 4.69) is 13.0 Å². The Morgan fingerprint density at radius 2 is 1.81 bits per heavy atom. The van der Waals surface area contributed by atoms with E-state index in [9.17, 15) is 9.59 Å². The van der Waals surface area contributed by atoms with Crippen molar-refractivity contribution in [2.45, 2.75) is 52.9 Å². The summed E-state index contributed by atoms with van der Waals surface area (Å²) < 4.78 is 11.4. The van der Waals surface area contributed by atoms with Crippen molar-refractivity contribution < 1.29 is 13.9 Å². The normalized spacial score (nSPS) is 13.5. The zero-order chi connectivity index (χ0) is 18.7. The Hall–Kier alpha value is -2.30. The van der Waals surface area contributed by atoms with Gasteiger partial charge in [0, 0.05) is 30.1 Å². The van der Waals surface area contributed by atoms with E-state index in [0.717, 1.165) is 54.2 Å². The summed E-state index contributed by atoms with van der Waals surface area (Å²) in [6, 6.07) is 3.85. The lowest BCUT2D eigenvalue weighted by Gasteiger charge is -2.20. The third kappa shape index (κ3) is 3.48. The number of aryl methyl sites for hydroxylation is 2. The molecule has 140 valence electrons. The van der Waals surface area contributed by atoms with Crippen molar-refractivity contribution in [3.63, 3.8) is 0 Å². The fourth-order valence-corrected chi connectivity index (χ4v) is 3.73. The van der Waals surface area contributed by atoms with E-state index in [4.69, 9.17) is 9.15 Å². The molecule has 26 heavy (non-hydrogen) atoms. The zero-order valence-corrected chi connectivity index (χ0v) is 15.9. The van der Waals surface area contributed by atoms with Crippen molar-refractivity contribution in [2.24, 2.45) is 0 Å². The molecule has 3 rings (SSSR count). The second-order valence-corrected chi connectivity index (χ2v) is 6.72. The molecule has 0 unspecified atom stereocenters. The Morgan fingerprint density at radius 3 is 2.46 bits per heavy atom. The van der Waals surface area contributed by atoms with E-state index < -0.39 is 0 Å². The molecule has 0 saturated heterocycles. The SMILES string of the molecule is CCc1cc2c3c(c(=O)oc2cc1OCC(=O)N(CC)CC)CCCC3. The number of ether oxygens (including phenoxy) is 1. The van der Waals surface area contributed by atoms with Gasteiger partial charge in [0.25, 0.3) is 5.91 Å². The minimum absolute atomic E-state index is 0.00460. The average Bonchev–Trinajstić information content (AvgIpc) is 2.67. The smallest absolute Gasteiger partial charge is 0.339 e. The van der Waals surface area contributed by atoms with E-state index >= 15 is 0 Å². The second-order valence-electron chi connectivity index (χ2n) is 6.72. The minimum Gasteiger partial charge on any atom is -0.483 e. The van der Waals surface area contributed by atoms with Gasteiger partial charge in [-0.3, -0.25) is 4.79 Å². The van der Waals surface area contributed by atoms with Gasteiger partial charge in [0.05, 0.1) is 0 Å². The largest absolute Gasteiger partial charge is 0.483 e. The van der Waals surface area contributed by atoms with Crippen LogP contribution in [0.2, 0.25) is 0 Å². The molecule has 1 aliphatic carbocycles. The highest BCUT2D eigenvalue weighted by molar-refractivity contribution is 5.84. The zero-order valence-electron chi connectivity index (χ0n) is 15.9. The lowest BCUT2D eigenvalue weighted by molar-refractivity contribution is -0.132. The predicted molar refractivity (Wildman–Crippen MR) is 102 cm³/mol. The third-order valence-electron chi connectivity index (χ3n) is 5.25. The molecule has 0 aliphatic heterocycles. The molecule has 5 nitrogen and oxygen atoms in total. The van der Waals surface area contributed by atoms with Gasteiger partial charge in [0.2, 0.25) is 0 Å². The maximum Gasteiger partial charge on any atom is 0.339 e. The minimum atomic E-state index is -0.235. The highest BCUT2D eigenvalue weighted by atomic mass is 16.5. The van der Waals surface area contributed by atoms with E-state index in [-0.39, 0.29) is 18.1 Å². The standard InChI is InChI=1S/C21H27NO4/c1-4-14-11-17-15-9-7-8-10-16(15)21(24)26-19(17)12-18(14)25-13-20(23)22(5-2)6-3/h11-12H,4-10,13H2,1-3H3. The molecule has 0 atom stereocenters. The molecule has 0 bridgehead atoms. The van der Waals surface area contributed by atoms with Crippen LogP contribution >= 0.6 is 0 Å². The van der Waals surface area contributed by atoms with Crippen LogP contribution in [0.5, 0.6) is 5.75 Å². The Bertz CT molecular complexity index is 864. The van der Waals surface area contributed by atoms with Crippen molar-refractivity contribution in [3.8, 4) is 5.75 Å². The molecule has 0 spiro atoms. The number of rotatable bonds is 6. The van der Waals surface area contributed by atoms with Gasteiger partial charge < -0.3 is 14.1 Å². The topological polar surface area (TPSA) is 59.8 Å². The van der Waals surface area contributed by atoms with Crippen LogP contribution in [0, 0.1) is 0 Å². The number of amides is 1. The predicted octanol–water partition coefficient (Wildman–Crippen LogP) is 3.48. The molecule has 0 N–H and O–H groups in total. The van der Waals surface area contributed by atoms with Gasteiger partial charge in [-0.25, -0.2) is 4.79 Å². The van der Waals surface area contributed by atoms with Gasteiger partial charge in [0.15, 0.2) is 6.61 Å². The summed E-state index contributed by atoms with van der Waals surface area (Å²) in [4.78, 5) is 26.3. The number of hydrogen-bond acceptors (Lipinski definition) is 4. The summed E-state index contributed by atoms with van der Waals surface area (Å²) in [5.41, 5.74) is 3.31. The molecular weight excluding hydrogens is 330 g/mol. The monoisotopic (exact) mass is 357 g/mol. The average molecular weight is 357 g/mol. The summed E-state index contributed by atoms with van der Waals surface area (Å²) in [7, 11) is 0. The van der Waals surface area contributed by atoms with Crippen molar-refractivity contribution in [1.29, 1.82) is 0 Å². The van der Waals surface area contributed by atoms with Crippen LogP contribution in [0.1, 0.15) is 50.3 Å². The molecule has 2 aromatic rings. The maximum atomic E-state index is 12.3. The number of likely N-dealkylation sites (N-methyl/N-ethyl adjacent to an activating group) is 1. The van der Waals surface area contributed by atoms with Crippen LogP contribution in [-0.4, -0.2) is 30.5 Å². The first kappa shape index (κ1) is 18.5. The summed E-state index contributed by atoms with van der Waals surface area (Å²) in [5, 5.41) is 1.01. The van der Waals surface area contributed by atoms with Crippen LogP contribution in [-0.2, 0) is 24.1 Å². The van der Waals surface area contributed by atoms with Crippen LogP contribution in [0.3, 0.4) is 0 Å². The Kier molecular flexibility index (Phi) is 5.64. The number of hydrogen-bond donors (Lipinski definition) is 0.